The van der Waals surface area contributed by atoms with E-state index in [2.05, 4.69) is 15.0 Å². The highest BCUT2D eigenvalue weighted by Gasteiger charge is 2.16. The van der Waals surface area contributed by atoms with Crippen LogP contribution < -0.4 is 15.5 Å². The summed E-state index contributed by atoms with van der Waals surface area (Å²) in [6.07, 6.45) is 0. The molecule has 2 N–H and O–H groups in total. The lowest BCUT2D eigenvalue weighted by atomic mass is 10.7. The largest absolute Gasteiger partial charge is 0.368 e. The van der Waals surface area contributed by atoms with E-state index >= 15 is 0 Å². The van der Waals surface area contributed by atoms with Crippen LogP contribution in [-0.2, 0) is 18.9 Å². The van der Waals surface area contributed by atoms with Crippen LogP contribution in [0.15, 0.2) is 0 Å². The third kappa shape index (κ3) is 5.27. The minimum atomic E-state index is 0.0874. The van der Waals surface area contributed by atoms with Gasteiger partial charge < -0.3 is 24.7 Å². The van der Waals surface area contributed by atoms with Gasteiger partial charge in [-0.1, -0.05) is 0 Å². The first-order chi connectivity index (χ1) is 10.2. The Bertz CT molecular complexity index is 375. The van der Waals surface area contributed by atoms with Crippen molar-refractivity contribution in [2.24, 2.45) is 0 Å². The molecule has 10 heteroatoms. The summed E-state index contributed by atoms with van der Waals surface area (Å²) >= 11 is 0. The van der Waals surface area contributed by atoms with Gasteiger partial charge in [0.05, 0.1) is 0 Å². The predicted octanol–water partition coefficient (Wildman–Crippen LogP) is -0.518. The van der Waals surface area contributed by atoms with E-state index in [0.29, 0.717) is 11.9 Å². The van der Waals surface area contributed by atoms with Gasteiger partial charge in [-0.15, -0.1) is 0 Å². The van der Waals surface area contributed by atoms with Crippen LogP contribution in [-0.4, -0.2) is 70.3 Å². The van der Waals surface area contributed by atoms with Gasteiger partial charge >= 0.3 is 0 Å². The Kier molecular flexibility index (Phi) is 7.61. The fourth-order valence-corrected chi connectivity index (χ4v) is 1.58. The highest BCUT2D eigenvalue weighted by atomic mass is 16.5. The van der Waals surface area contributed by atoms with Crippen molar-refractivity contribution >= 4 is 17.8 Å². The number of ether oxygens (including phenoxy) is 4. The van der Waals surface area contributed by atoms with Crippen molar-refractivity contribution in [1.29, 1.82) is 0 Å². The molecular formula is C11H22N6O4. The standard InChI is InChI=1S/C11H22N6O4/c1-18-5-16(6-19-2)10-13-9(12)14-11(15-10)17(7-20-3)8-21-4/h5-8H2,1-4H3,(H2,12,13,14,15). The van der Waals surface area contributed by atoms with E-state index in [1.807, 2.05) is 0 Å². The summed E-state index contributed by atoms with van der Waals surface area (Å²) in [6.45, 7) is 1.02. The molecular weight excluding hydrogens is 280 g/mol. The minimum absolute atomic E-state index is 0.0874. The maximum absolute atomic E-state index is 5.74. The first kappa shape index (κ1) is 17.3. The van der Waals surface area contributed by atoms with Gasteiger partial charge in [0.15, 0.2) is 0 Å². The average Bonchev–Trinajstić information content (AvgIpc) is 2.46. The molecule has 10 nitrogen and oxygen atoms in total. The zero-order chi connectivity index (χ0) is 15.7. The van der Waals surface area contributed by atoms with Gasteiger partial charge in [-0.25, -0.2) is 0 Å². The Balaban J connectivity index is 3.05. The highest BCUT2D eigenvalue weighted by molar-refractivity contribution is 5.42. The van der Waals surface area contributed by atoms with Crippen LogP contribution in [0.3, 0.4) is 0 Å². The lowest BCUT2D eigenvalue weighted by molar-refractivity contribution is 0.136. The van der Waals surface area contributed by atoms with Crippen LogP contribution in [0.25, 0.3) is 0 Å². The summed E-state index contributed by atoms with van der Waals surface area (Å²) in [7, 11) is 6.26. The molecule has 0 amide bonds. The summed E-state index contributed by atoms with van der Waals surface area (Å²) in [4.78, 5) is 15.8. The SMILES string of the molecule is COCN(COC)c1nc(N)nc(N(COC)COC)n1. The zero-order valence-electron chi connectivity index (χ0n) is 12.8. The van der Waals surface area contributed by atoms with E-state index in [9.17, 15) is 0 Å². The van der Waals surface area contributed by atoms with Gasteiger partial charge in [-0.05, 0) is 0 Å². The molecule has 0 aliphatic carbocycles. The Morgan fingerprint density at radius 1 is 0.714 bits per heavy atom. The van der Waals surface area contributed by atoms with Crippen LogP contribution in [0.1, 0.15) is 0 Å². The molecule has 0 bridgehead atoms. The number of anilines is 3. The van der Waals surface area contributed by atoms with E-state index < -0.39 is 0 Å². The van der Waals surface area contributed by atoms with Gasteiger partial charge in [-0.3, -0.25) is 9.80 Å². The highest BCUT2D eigenvalue weighted by Crippen LogP contribution is 2.15. The molecule has 0 aliphatic rings. The van der Waals surface area contributed by atoms with Crippen molar-refractivity contribution in [3.05, 3.63) is 0 Å². The molecule has 21 heavy (non-hydrogen) atoms. The first-order valence-electron chi connectivity index (χ1n) is 6.13. The molecule has 0 unspecified atom stereocenters. The lowest BCUT2D eigenvalue weighted by Gasteiger charge is -2.24. The third-order valence-electron chi connectivity index (χ3n) is 2.33. The summed E-state index contributed by atoms with van der Waals surface area (Å²) < 4.78 is 20.4. The van der Waals surface area contributed by atoms with Gasteiger partial charge in [0.1, 0.15) is 26.9 Å². The Hall–Kier alpha value is -1.75. The third-order valence-corrected chi connectivity index (χ3v) is 2.33. The topological polar surface area (TPSA) is 108 Å². The average molecular weight is 302 g/mol. The number of rotatable bonds is 10. The van der Waals surface area contributed by atoms with Crippen LogP contribution in [0, 0.1) is 0 Å². The monoisotopic (exact) mass is 302 g/mol. The fraction of sp³-hybridized carbons (Fsp3) is 0.727. The molecule has 0 saturated heterocycles. The summed E-state index contributed by atoms with van der Waals surface area (Å²) in [5.41, 5.74) is 5.74. The number of hydrogen-bond donors (Lipinski definition) is 1. The van der Waals surface area contributed by atoms with Crippen molar-refractivity contribution in [2.75, 3.05) is 70.9 Å². The molecule has 0 atom stereocenters. The van der Waals surface area contributed by atoms with Gasteiger partial charge in [0.25, 0.3) is 0 Å². The van der Waals surface area contributed by atoms with E-state index in [1.165, 1.54) is 0 Å². The van der Waals surface area contributed by atoms with Crippen LogP contribution in [0.2, 0.25) is 0 Å². The zero-order valence-corrected chi connectivity index (χ0v) is 12.8. The Morgan fingerprint density at radius 2 is 1.05 bits per heavy atom. The summed E-state index contributed by atoms with van der Waals surface area (Å²) in [6, 6.07) is 0. The molecule has 1 rings (SSSR count). The number of nitrogens with zero attached hydrogens (tertiary/aromatic N) is 5. The smallest absolute Gasteiger partial charge is 0.235 e. The van der Waals surface area contributed by atoms with Crippen molar-refractivity contribution in [1.82, 2.24) is 15.0 Å². The second-order valence-electron chi connectivity index (χ2n) is 4.04. The van der Waals surface area contributed by atoms with E-state index in [1.54, 1.807) is 38.2 Å². The Morgan fingerprint density at radius 3 is 1.33 bits per heavy atom. The lowest BCUT2D eigenvalue weighted by Crippen LogP contribution is -2.33. The number of nitrogen functional groups attached to an aromatic ring is 1. The Labute approximate surface area is 123 Å². The van der Waals surface area contributed by atoms with Crippen LogP contribution >= 0.6 is 0 Å². The molecule has 1 aromatic heterocycles. The minimum Gasteiger partial charge on any atom is -0.368 e. The quantitative estimate of drug-likeness (QED) is 0.567. The number of methoxy groups -OCH3 is 4. The molecule has 0 fully saturated rings. The predicted molar refractivity (Wildman–Crippen MR) is 76.7 cm³/mol. The van der Waals surface area contributed by atoms with Crippen molar-refractivity contribution in [3.63, 3.8) is 0 Å². The molecule has 0 saturated carbocycles. The van der Waals surface area contributed by atoms with E-state index in [-0.39, 0.29) is 32.9 Å². The molecule has 0 aromatic carbocycles. The van der Waals surface area contributed by atoms with Gasteiger partial charge in [0.2, 0.25) is 17.8 Å². The molecule has 0 aliphatic heterocycles. The molecule has 0 spiro atoms. The van der Waals surface area contributed by atoms with Crippen molar-refractivity contribution in [3.8, 4) is 0 Å². The van der Waals surface area contributed by atoms with Crippen molar-refractivity contribution < 1.29 is 18.9 Å². The number of nitrogens with two attached hydrogens (primary N) is 1. The summed E-state index contributed by atoms with van der Waals surface area (Å²) in [5.74, 6) is 0.779. The molecule has 0 radical (unpaired) electrons. The first-order valence-corrected chi connectivity index (χ1v) is 6.13. The molecule has 1 heterocycles. The molecule has 120 valence electrons. The number of hydrogen-bond acceptors (Lipinski definition) is 10. The fourth-order valence-electron chi connectivity index (χ4n) is 1.58. The second-order valence-corrected chi connectivity index (χ2v) is 4.04. The van der Waals surface area contributed by atoms with Gasteiger partial charge in [0, 0.05) is 28.4 Å². The summed E-state index contributed by atoms with van der Waals surface area (Å²) in [5, 5.41) is 0. The number of aromatic nitrogens is 3. The van der Waals surface area contributed by atoms with E-state index in [0.717, 1.165) is 0 Å². The van der Waals surface area contributed by atoms with Crippen LogP contribution in [0.4, 0.5) is 17.8 Å². The maximum Gasteiger partial charge on any atom is 0.235 e. The van der Waals surface area contributed by atoms with Crippen molar-refractivity contribution in [2.45, 2.75) is 0 Å². The normalized spacial score (nSPS) is 10.7. The van der Waals surface area contributed by atoms with Gasteiger partial charge in [-0.2, -0.15) is 15.0 Å². The van der Waals surface area contributed by atoms with Crippen LogP contribution in [0.5, 0.6) is 0 Å². The van der Waals surface area contributed by atoms with E-state index in [4.69, 9.17) is 24.7 Å². The molecule has 1 aromatic rings. The second kappa shape index (κ2) is 9.23. The maximum atomic E-state index is 5.74.